The third kappa shape index (κ3) is 2.94. The average molecular weight is 497 g/mol. The number of ketones is 1. The maximum Gasteiger partial charge on any atom is 0.312 e. The minimum Gasteiger partial charge on any atom is -0.515 e. The first-order valence-electron chi connectivity index (χ1n) is 14.4. The van der Waals surface area contributed by atoms with Gasteiger partial charge in [-0.2, -0.15) is 0 Å². The van der Waals surface area contributed by atoms with Crippen molar-refractivity contribution in [3.63, 3.8) is 0 Å². The van der Waals surface area contributed by atoms with E-state index in [4.69, 9.17) is 4.74 Å². The fourth-order valence-electron chi connectivity index (χ4n) is 11.7. The number of aliphatic hydroxyl groups excluding tert-OH is 1. The number of methoxy groups -OCH3 is 1. The topological polar surface area (TPSA) is 63.6 Å². The quantitative estimate of drug-likeness (QED) is 0.187. The first-order valence-corrected chi connectivity index (χ1v) is 14.4. The first kappa shape index (κ1) is 26.0. The molecule has 0 radical (unpaired) electrons. The number of allylic oxidation sites excluding steroid dienone is 2. The predicted molar refractivity (Wildman–Crippen MR) is 142 cm³/mol. The van der Waals surface area contributed by atoms with E-state index in [-0.39, 0.29) is 33.4 Å². The highest BCUT2D eigenvalue weighted by Crippen LogP contribution is 2.77. The Morgan fingerprint density at radius 2 is 1.67 bits per heavy atom. The van der Waals surface area contributed by atoms with Crippen LogP contribution in [0, 0.1) is 56.7 Å². The van der Waals surface area contributed by atoms with Crippen LogP contribution in [0.25, 0.3) is 0 Å². The van der Waals surface area contributed by atoms with Gasteiger partial charge in [-0.15, -0.1) is 0 Å². The molecule has 0 aromatic heterocycles. The van der Waals surface area contributed by atoms with Crippen molar-refractivity contribution in [3.05, 3.63) is 24.0 Å². The molecule has 0 spiro atoms. The molecule has 0 saturated heterocycles. The lowest BCUT2D eigenvalue weighted by Gasteiger charge is -2.72. The summed E-state index contributed by atoms with van der Waals surface area (Å²) in [6, 6.07) is 0. The smallest absolute Gasteiger partial charge is 0.312 e. The summed E-state index contributed by atoms with van der Waals surface area (Å²) in [6.45, 7) is 18.3. The number of ether oxygens (including phenoxy) is 1. The van der Waals surface area contributed by atoms with Gasteiger partial charge in [0.25, 0.3) is 0 Å². The number of rotatable bonds is 2. The number of hydrogen-bond donors (Lipinski definition) is 1. The normalized spacial score (nSPS) is 50.5. The van der Waals surface area contributed by atoms with Crippen molar-refractivity contribution >= 4 is 11.8 Å². The van der Waals surface area contributed by atoms with Gasteiger partial charge in [0.1, 0.15) is 0 Å². The Kier molecular flexibility index (Phi) is 5.76. The van der Waals surface area contributed by atoms with Crippen molar-refractivity contribution in [2.45, 2.75) is 99.3 Å². The number of Topliss-reactive ketones (excluding diaryl/α,β-unsaturated/α-hetero) is 1. The zero-order valence-corrected chi connectivity index (χ0v) is 23.7. The van der Waals surface area contributed by atoms with Crippen molar-refractivity contribution in [1.29, 1.82) is 0 Å². The zero-order valence-electron chi connectivity index (χ0n) is 23.7. The SMILES string of the molecule is C=C(C)[C@@H]1CC[C@@]2(C(=O)OC)CC[C@]3(C)[C@@H](CC[C@H]4[C@@]5(C)C/C(=C/O)C(=O)C(C)(C)[C@@H]5CC[C@]43C)[C@H]12. The van der Waals surface area contributed by atoms with E-state index in [0.717, 1.165) is 57.6 Å². The lowest BCUT2D eigenvalue weighted by molar-refractivity contribution is -0.232. The number of carbonyl (C=O) groups is 2. The molecule has 0 aromatic carbocycles. The number of carbonyl (C=O) groups excluding carboxylic acids is 2. The Morgan fingerprint density at radius 1 is 0.972 bits per heavy atom. The van der Waals surface area contributed by atoms with Gasteiger partial charge in [0, 0.05) is 11.0 Å². The molecule has 5 aliphatic carbocycles. The van der Waals surface area contributed by atoms with Gasteiger partial charge in [0.2, 0.25) is 0 Å². The van der Waals surface area contributed by atoms with Crippen LogP contribution in [0.4, 0.5) is 0 Å². The molecule has 4 nitrogen and oxygen atoms in total. The van der Waals surface area contributed by atoms with Gasteiger partial charge in [0.15, 0.2) is 5.78 Å². The Balaban J connectivity index is 1.59. The van der Waals surface area contributed by atoms with Crippen molar-refractivity contribution in [2.75, 3.05) is 7.11 Å². The van der Waals surface area contributed by atoms with Crippen molar-refractivity contribution < 1.29 is 19.4 Å². The lowest BCUT2D eigenvalue weighted by atomic mass is 9.32. The van der Waals surface area contributed by atoms with Crippen LogP contribution >= 0.6 is 0 Å². The average Bonchev–Trinajstić information content (AvgIpc) is 3.22. The van der Waals surface area contributed by atoms with Crippen LogP contribution in [0.1, 0.15) is 99.3 Å². The third-order valence-electron chi connectivity index (χ3n) is 13.4. The van der Waals surface area contributed by atoms with E-state index in [9.17, 15) is 14.7 Å². The molecule has 0 aromatic rings. The van der Waals surface area contributed by atoms with E-state index in [0.29, 0.717) is 41.6 Å². The molecule has 36 heavy (non-hydrogen) atoms. The van der Waals surface area contributed by atoms with Gasteiger partial charge in [0.05, 0.1) is 18.8 Å². The number of fused-ring (bicyclic) bond motifs is 7. The van der Waals surface area contributed by atoms with E-state index in [1.165, 1.54) is 5.57 Å². The van der Waals surface area contributed by atoms with Crippen LogP contribution in [-0.2, 0) is 14.3 Å². The largest absolute Gasteiger partial charge is 0.515 e. The molecule has 0 unspecified atom stereocenters. The molecule has 0 heterocycles. The fourth-order valence-corrected chi connectivity index (χ4v) is 11.7. The second-order valence-electron chi connectivity index (χ2n) is 14.7. The van der Waals surface area contributed by atoms with E-state index in [2.05, 4.69) is 48.1 Å². The summed E-state index contributed by atoms with van der Waals surface area (Å²) in [5, 5.41) is 10.0. The Morgan fingerprint density at radius 3 is 2.28 bits per heavy atom. The predicted octanol–water partition coefficient (Wildman–Crippen LogP) is 7.44. The van der Waals surface area contributed by atoms with Crippen molar-refractivity contribution in [3.8, 4) is 0 Å². The molecule has 0 aliphatic heterocycles. The highest BCUT2D eigenvalue weighted by molar-refractivity contribution is 6.00. The standard InChI is InChI=1S/C32H48O4/c1-19(2)21-11-14-32(27(35)36-8)16-15-30(6)22(25(21)32)9-10-24-29(5)17-20(18-33)26(34)28(3,4)23(29)12-13-31(24,30)7/h18,21-25,33H,1,9-17H2,2-8H3/b20-18-/t21-,22-,23-,24-,25-,29-,30+,31+,32+/m0/s1. The van der Waals surface area contributed by atoms with Crippen LogP contribution in [0.3, 0.4) is 0 Å². The fraction of sp³-hybridized carbons (Fsp3) is 0.812. The Labute approximate surface area is 218 Å². The highest BCUT2D eigenvalue weighted by Gasteiger charge is 2.72. The maximum atomic E-state index is 13.4. The minimum absolute atomic E-state index is 0.00603. The summed E-state index contributed by atoms with van der Waals surface area (Å²) in [5.74, 6) is 2.12. The van der Waals surface area contributed by atoms with Gasteiger partial charge in [-0.3, -0.25) is 9.59 Å². The van der Waals surface area contributed by atoms with Gasteiger partial charge >= 0.3 is 5.97 Å². The second kappa shape index (κ2) is 7.96. The number of aliphatic hydroxyl groups is 1. The molecule has 5 fully saturated rings. The maximum absolute atomic E-state index is 13.4. The van der Waals surface area contributed by atoms with Crippen LogP contribution in [0.5, 0.6) is 0 Å². The van der Waals surface area contributed by atoms with E-state index >= 15 is 0 Å². The van der Waals surface area contributed by atoms with Crippen LogP contribution < -0.4 is 0 Å². The second-order valence-corrected chi connectivity index (χ2v) is 14.7. The third-order valence-corrected chi connectivity index (χ3v) is 13.4. The van der Waals surface area contributed by atoms with E-state index in [1.54, 1.807) is 7.11 Å². The van der Waals surface area contributed by atoms with Crippen LogP contribution in [-0.4, -0.2) is 24.0 Å². The number of esters is 1. The van der Waals surface area contributed by atoms with Gasteiger partial charge < -0.3 is 9.84 Å². The van der Waals surface area contributed by atoms with Gasteiger partial charge in [-0.05, 0) is 111 Å². The molecule has 1 N–H and O–H groups in total. The summed E-state index contributed by atoms with van der Waals surface area (Å²) < 4.78 is 5.48. The van der Waals surface area contributed by atoms with E-state index < -0.39 is 5.41 Å². The molecule has 200 valence electrons. The van der Waals surface area contributed by atoms with E-state index in [1.807, 2.05) is 0 Å². The van der Waals surface area contributed by atoms with Gasteiger partial charge in [-0.1, -0.05) is 46.8 Å². The number of hydrogen-bond acceptors (Lipinski definition) is 4. The molecule has 0 amide bonds. The zero-order chi connectivity index (χ0) is 26.5. The Hall–Kier alpha value is -1.58. The monoisotopic (exact) mass is 496 g/mol. The van der Waals surface area contributed by atoms with Crippen LogP contribution in [0.15, 0.2) is 24.0 Å². The molecule has 5 aliphatic rings. The minimum atomic E-state index is -0.455. The molecular formula is C32H48O4. The first-order chi connectivity index (χ1) is 16.7. The molecule has 5 saturated carbocycles. The molecular weight excluding hydrogens is 448 g/mol. The molecule has 9 atom stereocenters. The van der Waals surface area contributed by atoms with Crippen molar-refractivity contribution in [1.82, 2.24) is 0 Å². The molecule has 4 heteroatoms. The Bertz CT molecular complexity index is 1020. The molecule has 5 rings (SSSR count). The van der Waals surface area contributed by atoms with Crippen molar-refractivity contribution in [2.24, 2.45) is 56.7 Å². The lowest BCUT2D eigenvalue weighted by Crippen LogP contribution is -2.67. The highest BCUT2D eigenvalue weighted by atomic mass is 16.5. The summed E-state index contributed by atoms with van der Waals surface area (Å²) in [4.78, 5) is 26.7. The van der Waals surface area contributed by atoms with Gasteiger partial charge in [-0.25, -0.2) is 0 Å². The molecule has 0 bridgehead atoms. The summed E-state index contributed by atoms with van der Waals surface area (Å²) in [5.41, 5.74) is 1.25. The summed E-state index contributed by atoms with van der Waals surface area (Å²) >= 11 is 0. The van der Waals surface area contributed by atoms with Crippen LogP contribution in [0.2, 0.25) is 0 Å². The summed E-state index contributed by atoms with van der Waals surface area (Å²) in [7, 11) is 1.56. The summed E-state index contributed by atoms with van der Waals surface area (Å²) in [6.07, 6.45) is 10.2.